The Kier molecular flexibility index (Phi) is 3.67. The normalized spacial score (nSPS) is 32.1. The predicted octanol–water partition coefficient (Wildman–Crippen LogP) is 2.88. The summed E-state index contributed by atoms with van der Waals surface area (Å²) in [4.78, 5) is 12.7. The molecule has 1 aromatic carbocycles. The van der Waals surface area contributed by atoms with E-state index in [-0.39, 0.29) is 22.2 Å². The summed E-state index contributed by atoms with van der Waals surface area (Å²) in [5.74, 6) is 0.993. The molecule has 108 valence electrons. The molecule has 2 aliphatic rings. The van der Waals surface area contributed by atoms with Gasteiger partial charge in [0.1, 0.15) is 5.75 Å². The lowest BCUT2D eigenvalue weighted by Gasteiger charge is -2.26. The van der Waals surface area contributed by atoms with E-state index in [9.17, 15) is 9.00 Å². The van der Waals surface area contributed by atoms with E-state index >= 15 is 0 Å². The van der Waals surface area contributed by atoms with Gasteiger partial charge in [0.2, 0.25) is 0 Å². The van der Waals surface area contributed by atoms with Gasteiger partial charge in [-0.3, -0.25) is 9.00 Å². The van der Waals surface area contributed by atoms with E-state index in [2.05, 4.69) is 0 Å². The number of rotatable bonds is 3. The average molecular weight is 292 g/mol. The quantitative estimate of drug-likeness (QED) is 0.805. The lowest BCUT2D eigenvalue weighted by Crippen LogP contribution is -2.32. The minimum Gasteiger partial charge on any atom is -0.496 e. The number of aryl methyl sites for hydroxylation is 1. The van der Waals surface area contributed by atoms with Crippen LogP contribution < -0.4 is 4.74 Å². The molecule has 0 amide bonds. The van der Waals surface area contributed by atoms with E-state index in [1.165, 1.54) is 0 Å². The van der Waals surface area contributed by atoms with Crippen LogP contribution in [-0.2, 0) is 10.8 Å². The van der Waals surface area contributed by atoms with Crippen LogP contribution in [-0.4, -0.2) is 27.6 Å². The Hall–Kier alpha value is -1.16. The molecule has 2 fully saturated rings. The van der Waals surface area contributed by atoms with Crippen LogP contribution in [0.15, 0.2) is 18.2 Å². The van der Waals surface area contributed by atoms with Gasteiger partial charge in [-0.05, 0) is 44.2 Å². The van der Waals surface area contributed by atoms with Crippen LogP contribution >= 0.6 is 0 Å². The Morgan fingerprint density at radius 3 is 2.50 bits per heavy atom. The molecule has 0 spiro atoms. The highest BCUT2D eigenvalue weighted by Gasteiger charge is 2.42. The maximum atomic E-state index is 12.7. The van der Waals surface area contributed by atoms with Gasteiger partial charge in [-0.15, -0.1) is 0 Å². The summed E-state index contributed by atoms with van der Waals surface area (Å²) >= 11 is 0. The first-order valence-electron chi connectivity index (χ1n) is 7.18. The van der Waals surface area contributed by atoms with Gasteiger partial charge in [0.25, 0.3) is 0 Å². The van der Waals surface area contributed by atoms with Crippen LogP contribution in [0.3, 0.4) is 0 Å². The number of hydrogen-bond acceptors (Lipinski definition) is 3. The Balaban J connectivity index is 1.81. The van der Waals surface area contributed by atoms with Crippen molar-refractivity contribution in [2.45, 2.75) is 43.1 Å². The fourth-order valence-corrected chi connectivity index (χ4v) is 5.58. The number of benzene rings is 1. The second-order valence-corrected chi connectivity index (χ2v) is 7.86. The molecule has 2 unspecified atom stereocenters. The van der Waals surface area contributed by atoms with Crippen molar-refractivity contribution in [1.82, 2.24) is 0 Å². The summed E-state index contributed by atoms with van der Waals surface area (Å²) in [5.41, 5.74) is 1.76. The summed E-state index contributed by atoms with van der Waals surface area (Å²) < 4.78 is 17.3. The first-order valence-corrected chi connectivity index (χ1v) is 8.46. The molecule has 2 bridgehead atoms. The van der Waals surface area contributed by atoms with Crippen molar-refractivity contribution in [1.29, 1.82) is 0 Å². The first-order chi connectivity index (χ1) is 9.60. The Labute approximate surface area is 122 Å². The summed E-state index contributed by atoms with van der Waals surface area (Å²) in [6.07, 6.45) is 3.63. The molecule has 0 radical (unpaired) electrons. The Bertz CT molecular complexity index is 551. The van der Waals surface area contributed by atoms with E-state index in [4.69, 9.17) is 4.74 Å². The van der Waals surface area contributed by atoms with Crippen molar-refractivity contribution in [3.63, 3.8) is 0 Å². The third-order valence-electron chi connectivity index (χ3n) is 4.63. The maximum absolute atomic E-state index is 12.7. The number of Topliss-reactive ketones (excluding diaryl/α,β-unsaturated/α-hetero) is 1. The predicted molar refractivity (Wildman–Crippen MR) is 79.7 cm³/mol. The van der Waals surface area contributed by atoms with E-state index in [0.717, 1.165) is 42.6 Å². The molecule has 4 heteroatoms. The zero-order valence-electron chi connectivity index (χ0n) is 11.9. The molecule has 20 heavy (non-hydrogen) atoms. The fraction of sp³-hybridized carbons (Fsp3) is 0.562. The molecule has 2 saturated heterocycles. The molecule has 0 saturated carbocycles. The summed E-state index contributed by atoms with van der Waals surface area (Å²) in [5, 5.41) is 0.491. The zero-order valence-corrected chi connectivity index (χ0v) is 12.7. The van der Waals surface area contributed by atoms with Crippen molar-refractivity contribution >= 4 is 16.6 Å². The minimum atomic E-state index is -0.699. The van der Waals surface area contributed by atoms with E-state index in [0.29, 0.717) is 0 Å². The number of carbonyl (C=O) groups excluding carboxylic acids is 1. The van der Waals surface area contributed by atoms with Gasteiger partial charge in [-0.1, -0.05) is 12.1 Å². The molecule has 0 aliphatic carbocycles. The summed E-state index contributed by atoms with van der Waals surface area (Å²) in [7, 11) is 0.927. The number of hydrogen-bond donors (Lipinski definition) is 0. The molecule has 2 atom stereocenters. The SMILES string of the molecule is COc1cc(C(=O)C2CC3CCC(C2)S3=O)ccc1C. The van der Waals surface area contributed by atoms with Gasteiger partial charge in [-0.2, -0.15) is 0 Å². The summed E-state index contributed by atoms with van der Waals surface area (Å²) in [6, 6.07) is 5.65. The lowest BCUT2D eigenvalue weighted by molar-refractivity contribution is 0.0906. The van der Waals surface area contributed by atoms with Crippen molar-refractivity contribution < 1.29 is 13.7 Å². The van der Waals surface area contributed by atoms with Crippen molar-refractivity contribution in [3.8, 4) is 5.75 Å². The highest BCUT2D eigenvalue weighted by atomic mass is 32.2. The smallest absolute Gasteiger partial charge is 0.166 e. The highest BCUT2D eigenvalue weighted by molar-refractivity contribution is 7.86. The minimum absolute atomic E-state index is 0.0395. The van der Waals surface area contributed by atoms with Crippen LogP contribution in [0.5, 0.6) is 5.75 Å². The number of methoxy groups -OCH3 is 1. The molecule has 0 aromatic heterocycles. The second-order valence-electron chi connectivity index (χ2n) is 5.87. The van der Waals surface area contributed by atoms with Crippen molar-refractivity contribution in [2.24, 2.45) is 5.92 Å². The number of ether oxygens (including phenoxy) is 1. The third-order valence-corrected chi connectivity index (χ3v) is 6.80. The third kappa shape index (κ3) is 2.30. The van der Waals surface area contributed by atoms with Gasteiger partial charge in [0.15, 0.2) is 5.78 Å². The Morgan fingerprint density at radius 1 is 1.25 bits per heavy atom. The Morgan fingerprint density at radius 2 is 1.90 bits per heavy atom. The van der Waals surface area contributed by atoms with Crippen LogP contribution in [0, 0.1) is 12.8 Å². The molecule has 2 aliphatic heterocycles. The molecule has 3 nitrogen and oxygen atoms in total. The topological polar surface area (TPSA) is 43.4 Å². The van der Waals surface area contributed by atoms with E-state index in [1.54, 1.807) is 7.11 Å². The lowest BCUT2D eigenvalue weighted by atomic mass is 9.90. The van der Waals surface area contributed by atoms with Crippen LogP contribution in [0.2, 0.25) is 0 Å². The molecule has 3 rings (SSSR count). The maximum Gasteiger partial charge on any atom is 0.166 e. The second kappa shape index (κ2) is 5.32. The van der Waals surface area contributed by atoms with E-state index in [1.807, 2.05) is 25.1 Å². The largest absolute Gasteiger partial charge is 0.496 e. The monoisotopic (exact) mass is 292 g/mol. The standard InChI is InChI=1S/C16H20O3S/c1-10-3-4-11(9-15(10)19-2)16(17)12-7-13-5-6-14(8-12)20(13)18/h3-4,9,12-14H,5-8H2,1-2H3. The molecular weight excluding hydrogens is 272 g/mol. The number of ketones is 1. The van der Waals surface area contributed by atoms with Crippen molar-refractivity contribution in [2.75, 3.05) is 7.11 Å². The van der Waals surface area contributed by atoms with Crippen molar-refractivity contribution in [3.05, 3.63) is 29.3 Å². The van der Waals surface area contributed by atoms with E-state index < -0.39 is 10.8 Å². The molecule has 2 heterocycles. The zero-order chi connectivity index (χ0) is 14.3. The van der Waals surface area contributed by atoms with Gasteiger partial charge >= 0.3 is 0 Å². The van der Waals surface area contributed by atoms with Gasteiger partial charge < -0.3 is 4.74 Å². The van der Waals surface area contributed by atoms with Gasteiger partial charge in [-0.25, -0.2) is 0 Å². The van der Waals surface area contributed by atoms with Crippen LogP contribution in [0.25, 0.3) is 0 Å². The van der Waals surface area contributed by atoms with Crippen LogP contribution in [0.1, 0.15) is 41.6 Å². The summed E-state index contributed by atoms with van der Waals surface area (Å²) in [6.45, 7) is 1.97. The highest BCUT2D eigenvalue weighted by Crippen LogP contribution is 2.40. The fourth-order valence-electron chi connectivity index (χ4n) is 3.46. The molecule has 1 aromatic rings. The van der Waals surface area contributed by atoms with Gasteiger partial charge in [0, 0.05) is 32.8 Å². The number of carbonyl (C=O) groups is 1. The average Bonchev–Trinajstić information content (AvgIpc) is 2.68. The van der Waals surface area contributed by atoms with Gasteiger partial charge in [0.05, 0.1) is 7.11 Å². The molecule has 0 N–H and O–H groups in total. The van der Waals surface area contributed by atoms with Crippen LogP contribution in [0.4, 0.5) is 0 Å². The molecular formula is C16H20O3S. The first kappa shape index (κ1) is 13.8. The number of fused-ring (bicyclic) bond motifs is 2.